The van der Waals surface area contributed by atoms with Crippen molar-refractivity contribution in [1.82, 2.24) is 0 Å². The number of esters is 4. The molecule has 10 heteroatoms. The summed E-state index contributed by atoms with van der Waals surface area (Å²) in [7, 11) is 0. The molecule has 0 aliphatic carbocycles. The topological polar surface area (TPSA) is 139 Å². The Morgan fingerprint density at radius 3 is 1.14 bits per heavy atom. The zero-order valence-electron chi connectivity index (χ0n) is 28.2. The van der Waals surface area contributed by atoms with E-state index in [1.165, 1.54) is 13.8 Å². The first-order valence-electron chi connectivity index (χ1n) is 16.1. The van der Waals surface area contributed by atoms with Gasteiger partial charge >= 0.3 is 23.9 Å². The van der Waals surface area contributed by atoms with Crippen LogP contribution in [0.4, 0.5) is 0 Å². The lowest BCUT2D eigenvalue weighted by molar-refractivity contribution is -0.172. The van der Waals surface area contributed by atoms with Crippen LogP contribution in [-0.4, -0.2) is 60.9 Å². The number of ether oxygens (including phenoxy) is 4. The molecule has 0 saturated heterocycles. The van der Waals surface area contributed by atoms with Crippen molar-refractivity contribution in [2.24, 2.45) is 0 Å². The molecule has 4 aromatic carbocycles. The molecule has 0 spiro atoms. The van der Waals surface area contributed by atoms with Gasteiger partial charge in [0, 0.05) is 22.3 Å². The molecule has 0 radical (unpaired) electrons. The summed E-state index contributed by atoms with van der Waals surface area (Å²) < 4.78 is 20.8. The standard InChI is InChI=1S/C40H38O10/c1-25(31-17-11-19-33(23-31)35(41)29-13-7-5-8-14-29)37(43)49-27(3)39(45)47-21-22-48-40(46)28(4)50-38(44)26(2)32-18-12-20-34(24-32)36(42)30-15-9-6-10-16-30/h5-20,23-28H,21-22H2,1-4H3/t25-,26+,27-,28-/m0/s1. The summed E-state index contributed by atoms with van der Waals surface area (Å²) in [5.74, 6) is -5.01. The van der Waals surface area contributed by atoms with Gasteiger partial charge in [-0.25, -0.2) is 9.59 Å². The van der Waals surface area contributed by atoms with Crippen molar-refractivity contribution in [2.45, 2.75) is 51.7 Å². The number of benzene rings is 4. The first-order chi connectivity index (χ1) is 24.0. The van der Waals surface area contributed by atoms with E-state index < -0.39 is 47.9 Å². The minimum atomic E-state index is -1.25. The van der Waals surface area contributed by atoms with E-state index in [-0.39, 0.29) is 24.8 Å². The number of carbonyl (C=O) groups excluding carboxylic acids is 6. The monoisotopic (exact) mass is 678 g/mol. The molecule has 0 fully saturated rings. The zero-order chi connectivity index (χ0) is 36.2. The Hall–Kier alpha value is -5.90. The third-order valence-corrected chi connectivity index (χ3v) is 7.90. The highest BCUT2D eigenvalue weighted by molar-refractivity contribution is 6.09. The maximum absolute atomic E-state index is 12.8. The van der Waals surface area contributed by atoms with Crippen molar-refractivity contribution in [3.63, 3.8) is 0 Å². The molecule has 4 rings (SSSR count). The summed E-state index contributed by atoms with van der Waals surface area (Å²) in [6, 6.07) is 30.8. The third-order valence-electron chi connectivity index (χ3n) is 7.90. The van der Waals surface area contributed by atoms with Crippen molar-refractivity contribution in [3.8, 4) is 0 Å². The number of rotatable bonds is 15. The fraction of sp³-hybridized carbons (Fsp3) is 0.250. The maximum atomic E-state index is 12.8. The molecule has 0 amide bonds. The van der Waals surface area contributed by atoms with Crippen LogP contribution in [-0.2, 0) is 38.1 Å². The van der Waals surface area contributed by atoms with Gasteiger partial charge in [-0.1, -0.05) is 97.1 Å². The first-order valence-corrected chi connectivity index (χ1v) is 16.1. The molecule has 10 nitrogen and oxygen atoms in total. The van der Waals surface area contributed by atoms with Crippen molar-refractivity contribution in [1.29, 1.82) is 0 Å². The predicted octanol–water partition coefficient (Wildman–Crippen LogP) is 6.01. The fourth-order valence-corrected chi connectivity index (χ4v) is 4.85. The second-order valence-corrected chi connectivity index (χ2v) is 11.6. The highest BCUT2D eigenvalue weighted by Gasteiger charge is 2.27. The van der Waals surface area contributed by atoms with Gasteiger partial charge < -0.3 is 18.9 Å². The van der Waals surface area contributed by atoms with Gasteiger partial charge in [0.25, 0.3) is 0 Å². The van der Waals surface area contributed by atoms with E-state index in [1.807, 2.05) is 12.1 Å². The normalized spacial score (nSPS) is 13.1. The van der Waals surface area contributed by atoms with Crippen molar-refractivity contribution in [2.75, 3.05) is 13.2 Å². The lowest BCUT2D eigenvalue weighted by Gasteiger charge is -2.18. The predicted molar refractivity (Wildman–Crippen MR) is 182 cm³/mol. The molecule has 0 N–H and O–H groups in total. The number of hydrogen-bond donors (Lipinski definition) is 0. The molecule has 0 aliphatic heterocycles. The third kappa shape index (κ3) is 9.82. The summed E-state index contributed by atoms with van der Waals surface area (Å²) in [5, 5.41) is 0. The minimum Gasteiger partial charge on any atom is -0.459 e. The van der Waals surface area contributed by atoms with Gasteiger partial charge in [-0.3, -0.25) is 19.2 Å². The van der Waals surface area contributed by atoms with Gasteiger partial charge in [0.2, 0.25) is 0 Å². The van der Waals surface area contributed by atoms with Crippen LogP contribution in [0.1, 0.15) is 82.5 Å². The quantitative estimate of drug-likeness (QED) is 0.0636. The summed E-state index contributed by atoms with van der Waals surface area (Å²) in [6.45, 7) is 5.25. The largest absolute Gasteiger partial charge is 0.459 e. The molecule has 0 aromatic heterocycles. The summed E-state index contributed by atoms with van der Waals surface area (Å²) in [4.78, 5) is 76.1. The molecule has 0 saturated carbocycles. The van der Waals surface area contributed by atoms with Crippen LogP contribution in [0.15, 0.2) is 109 Å². The van der Waals surface area contributed by atoms with Crippen LogP contribution in [0, 0.1) is 0 Å². The second kappa shape index (κ2) is 17.5. The Morgan fingerprint density at radius 1 is 0.440 bits per heavy atom. The van der Waals surface area contributed by atoms with Gasteiger partial charge in [-0.2, -0.15) is 0 Å². The van der Waals surface area contributed by atoms with Crippen LogP contribution >= 0.6 is 0 Å². The summed E-state index contributed by atoms with van der Waals surface area (Å²) >= 11 is 0. The Labute approximate surface area is 290 Å². The van der Waals surface area contributed by atoms with Gasteiger partial charge in [-0.15, -0.1) is 0 Å². The lowest BCUT2D eigenvalue weighted by atomic mass is 9.96. The second-order valence-electron chi connectivity index (χ2n) is 11.6. The van der Waals surface area contributed by atoms with Crippen LogP contribution in [0.3, 0.4) is 0 Å². The van der Waals surface area contributed by atoms with Gasteiger partial charge in [0.1, 0.15) is 13.2 Å². The number of ketones is 2. The van der Waals surface area contributed by atoms with E-state index in [0.717, 1.165) is 0 Å². The average Bonchev–Trinajstić information content (AvgIpc) is 3.15. The molecular weight excluding hydrogens is 640 g/mol. The molecule has 4 atom stereocenters. The molecule has 258 valence electrons. The number of carbonyl (C=O) groups is 6. The van der Waals surface area contributed by atoms with E-state index in [1.54, 1.807) is 111 Å². The summed E-state index contributed by atoms with van der Waals surface area (Å²) in [6.07, 6.45) is -2.50. The molecule has 0 aliphatic rings. The summed E-state index contributed by atoms with van der Waals surface area (Å²) in [5.41, 5.74) is 2.94. The molecule has 4 aromatic rings. The Bertz CT molecular complexity index is 1700. The van der Waals surface area contributed by atoms with Gasteiger partial charge in [0.05, 0.1) is 11.8 Å². The van der Waals surface area contributed by atoms with E-state index in [0.29, 0.717) is 33.4 Å². The van der Waals surface area contributed by atoms with E-state index in [2.05, 4.69) is 0 Å². The highest BCUT2D eigenvalue weighted by Crippen LogP contribution is 2.22. The van der Waals surface area contributed by atoms with Gasteiger partial charge in [-0.05, 0) is 51.0 Å². The SMILES string of the molecule is C[C@H](OC(=O)[C@@H](C)c1cccc(C(=O)c2ccccc2)c1)C(=O)OCCOC(=O)[C@H](C)OC(=O)[C@H](C)c1cccc(C(=O)c2ccccc2)c1. The first kappa shape index (κ1) is 36.9. The number of hydrogen-bond acceptors (Lipinski definition) is 10. The average molecular weight is 679 g/mol. The lowest BCUT2D eigenvalue weighted by Crippen LogP contribution is -2.31. The molecule has 0 heterocycles. The smallest absolute Gasteiger partial charge is 0.347 e. The van der Waals surface area contributed by atoms with Crippen LogP contribution in [0.25, 0.3) is 0 Å². The van der Waals surface area contributed by atoms with E-state index >= 15 is 0 Å². The minimum absolute atomic E-state index is 0.188. The maximum Gasteiger partial charge on any atom is 0.347 e. The van der Waals surface area contributed by atoms with Crippen molar-refractivity contribution in [3.05, 3.63) is 143 Å². The zero-order valence-corrected chi connectivity index (χ0v) is 28.2. The molecule has 0 unspecified atom stereocenters. The Balaban J connectivity index is 1.19. The van der Waals surface area contributed by atoms with E-state index in [9.17, 15) is 28.8 Å². The van der Waals surface area contributed by atoms with Crippen LogP contribution < -0.4 is 0 Å². The van der Waals surface area contributed by atoms with Crippen molar-refractivity contribution >= 4 is 35.4 Å². The molecule has 50 heavy (non-hydrogen) atoms. The van der Waals surface area contributed by atoms with Crippen LogP contribution in [0.2, 0.25) is 0 Å². The van der Waals surface area contributed by atoms with Crippen molar-refractivity contribution < 1.29 is 47.7 Å². The Kier molecular flexibility index (Phi) is 12.9. The van der Waals surface area contributed by atoms with E-state index in [4.69, 9.17) is 18.9 Å². The van der Waals surface area contributed by atoms with Crippen LogP contribution in [0.5, 0.6) is 0 Å². The molecular formula is C40H38O10. The Morgan fingerprint density at radius 2 is 0.780 bits per heavy atom. The molecule has 0 bridgehead atoms. The fourth-order valence-electron chi connectivity index (χ4n) is 4.85. The highest BCUT2D eigenvalue weighted by atomic mass is 16.6. The van der Waals surface area contributed by atoms with Gasteiger partial charge in [0.15, 0.2) is 23.8 Å².